The summed E-state index contributed by atoms with van der Waals surface area (Å²) < 4.78 is 0. The summed E-state index contributed by atoms with van der Waals surface area (Å²) in [5.74, 6) is 1.97. The summed E-state index contributed by atoms with van der Waals surface area (Å²) in [7, 11) is 0. The Morgan fingerprint density at radius 3 is 1.69 bits per heavy atom. The molecule has 0 aromatic rings. The summed E-state index contributed by atoms with van der Waals surface area (Å²) >= 11 is 0. The standard InChI is InChI=1S/C10H20.CO2/c1-9(2)10-7-5-3-4-6-8-10;2-1-3/h9-10H,3-8H2,1-2H3;. The van der Waals surface area contributed by atoms with E-state index in [1.807, 2.05) is 0 Å². The van der Waals surface area contributed by atoms with Crippen LogP contribution in [0, 0.1) is 11.8 Å². The Hall–Kier alpha value is -0.620. The maximum Gasteiger partial charge on any atom is 0.373 e. The van der Waals surface area contributed by atoms with Crippen LogP contribution in [-0.2, 0) is 9.59 Å². The first-order valence-electron chi connectivity index (χ1n) is 5.21. The first kappa shape index (κ1) is 12.4. The molecule has 1 saturated carbocycles. The summed E-state index contributed by atoms with van der Waals surface area (Å²) in [5.41, 5.74) is 0. The van der Waals surface area contributed by atoms with Gasteiger partial charge in [-0.1, -0.05) is 52.4 Å². The third-order valence-corrected chi connectivity index (χ3v) is 2.84. The van der Waals surface area contributed by atoms with Crippen LogP contribution in [0.1, 0.15) is 52.4 Å². The molecule has 0 aromatic heterocycles. The Morgan fingerprint density at radius 2 is 1.38 bits per heavy atom. The lowest BCUT2D eigenvalue weighted by Gasteiger charge is -2.17. The highest BCUT2D eigenvalue weighted by molar-refractivity contribution is 5.20. The Balaban J connectivity index is 0.000000424. The zero-order valence-corrected chi connectivity index (χ0v) is 8.71. The van der Waals surface area contributed by atoms with Crippen LogP contribution in [-0.4, -0.2) is 6.15 Å². The lowest BCUT2D eigenvalue weighted by molar-refractivity contribution is -0.191. The van der Waals surface area contributed by atoms with Crippen LogP contribution in [0.5, 0.6) is 0 Å². The fourth-order valence-corrected chi connectivity index (χ4v) is 1.98. The van der Waals surface area contributed by atoms with Gasteiger partial charge >= 0.3 is 6.15 Å². The van der Waals surface area contributed by atoms with Gasteiger partial charge in [0.2, 0.25) is 0 Å². The second-order valence-electron chi connectivity index (χ2n) is 4.08. The van der Waals surface area contributed by atoms with Crippen LogP contribution in [0.4, 0.5) is 0 Å². The second-order valence-corrected chi connectivity index (χ2v) is 4.08. The normalized spacial score (nSPS) is 18.4. The van der Waals surface area contributed by atoms with Crippen LogP contribution in [0.3, 0.4) is 0 Å². The molecule has 0 heterocycles. The molecule has 0 bridgehead atoms. The van der Waals surface area contributed by atoms with Crippen LogP contribution in [0.15, 0.2) is 0 Å². The maximum absolute atomic E-state index is 8.12. The Bertz CT molecular complexity index is 138. The zero-order valence-electron chi connectivity index (χ0n) is 8.71. The van der Waals surface area contributed by atoms with E-state index in [9.17, 15) is 0 Å². The largest absolute Gasteiger partial charge is 0.373 e. The Morgan fingerprint density at radius 1 is 1.00 bits per heavy atom. The van der Waals surface area contributed by atoms with E-state index in [0.29, 0.717) is 0 Å². The second kappa shape index (κ2) is 8.00. The molecule has 13 heavy (non-hydrogen) atoms. The van der Waals surface area contributed by atoms with Crippen molar-refractivity contribution in [2.75, 3.05) is 0 Å². The lowest BCUT2D eigenvalue weighted by Crippen LogP contribution is -2.06. The van der Waals surface area contributed by atoms with Gasteiger partial charge in [0, 0.05) is 0 Å². The molecule has 2 nitrogen and oxygen atoms in total. The van der Waals surface area contributed by atoms with Crippen molar-refractivity contribution in [2.45, 2.75) is 52.4 Å². The van der Waals surface area contributed by atoms with Gasteiger partial charge < -0.3 is 0 Å². The SMILES string of the molecule is CC(C)C1CCCCCC1.O=C=O. The molecule has 0 unspecified atom stereocenters. The van der Waals surface area contributed by atoms with Gasteiger partial charge in [0.1, 0.15) is 0 Å². The summed E-state index contributed by atoms with van der Waals surface area (Å²) in [5, 5.41) is 0. The molecule has 0 N–H and O–H groups in total. The smallest absolute Gasteiger partial charge is 0.186 e. The van der Waals surface area contributed by atoms with Crippen LogP contribution >= 0.6 is 0 Å². The molecule has 0 saturated heterocycles. The third kappa shape index (κ3) is 6.53. The van der Waals surface area contributed by atoms with Gasteiger partial charge in [-0.15, -0.1) is 0 Å². The average molecular weight is 184 g/mol. The van der Waals surface area contributed by atoms with E-state index in [2.05, 4.69) is 13.8 Å². The van der Waals surface area contributed by atoms with E-state index < -0.39 is 0 Å². The van der Waals surface area contributed by atoms with E-state index >= 15 is 0 Å². The minimum Gasteiger partial charge on any atom is -0.186 e. The number of hydrogen-bond acceptors (Lipinski definition) is 2. The molecule has 0 aliphatic heterocycles. The molecule has 1 fully saturated rings. The Kier molecular flexibility index (Phi) is 7.62. The van der Waals surface area contributed by atoms with Crippen molar-refractivity contribution < 1.29 is 9.59 Å². The van der Waals surface area contributed by atoms with E-state index in [-0.39, 0.29) is 6.15 Å². The highest BCUT2D eigenvalue weighted by Crippen LogP contribution is 2.28. The summed E-state index contributed by atoms with van der Waals surface area (Å²) in [4.78, 5) is 16.2. The van der Waals surface area contributed by atoms with Crippen molar-refractivity contribution in [3.05, 3.63) is 0 Å². The molecule has 0 radical (unpaired) electrons. The molecular formula is C11H20O2. The molecular weight excluding hydrogens is 164 g/mol. The van der Waals surface area contributed by atoms with Crippen LogP contribution in [0.2, 0.25) is 0 Å². The van der Waals surface area contributed by atoms with Crippen molar-refractivity contribution in [1.29, 1.82) is 0 Å². The zero-order chi connectivity index (χ0) is 10.1. The van der Waals surface area contributed by atoms with Crippen molar-refractivity contribution in [3.63, 3.8) is 0 Å². The third-order valence-electron chi connectivity index (χ3n) is 2.84. The first-order chi connectivity index (χ1) is 6.22. The number of rotatable bonds is 1. The predicted octanol–water partition coefficient (Wildman–Crippen LogP) is 3.03. The summed E-state index contributed by atoms with van der Waals surface area (Å²) in [6, 6.07) is 0. The molecule has 0 spiro atoms. The van der Waals surface area contributed by atoms with Gasteiger partial charge in [0.25, 0.3) is 0 Å². The van der Waals surface area contributed by atoms with Crippen molar-refractivity contribution in [2.24, 2.45) is 11.8 Å². The molecule has 0 aromatic carbocycles. The molecule has 1 aliphatic rings. The van der Waals surface area contributed by atoms with Crippen molar-refractivity contribution in [1.82, 2.24) is 0 Å². The summed E-state index contributed by atoms with van der Waals surface area (Å²) in [6.07, 6.45) is 9.20. The van der Waals surface area contributed by atoms with Crippen molar-refractivity contribution in [3.8, 4) is 0 Å². The van der Waals surface area contributed by atoms with Gasteiger partial charge in [-0.3, -0.25) is 0 Å². The summed E-state index contributed by atoms with van der Waals surface area (Å²) in [6.45, 7) is 4.74. The topological polar surface area (TPSA) is 34.1 Å². The monoisotopic (exact) mass is 184 g/mol. The van der Waals surface area contributed by atoms with E-state index in [1.165, 1.54) is 38.5 Å². The predicted molar refractivity (Wildman–Crippen MR) is 51.0 cm³/mol. The average Bonchev–Trinajstić information content (AvgIpc) is 2.32. The Labute approximate surface area is 80.7 Å². The minimum absolute atomic E-state index is 0.250. The molecule has 1 aliphatic carbocycles. The van der Waals surface area contributed by atoms with E-state index in [0.717, 1.165) is 11.8 Å². The molecule has 2 heteroatoms. The quantitative estimate of drug-likeness (QED) is 0.587. The number of carbonyl (C=O) groups excluding carboxylic acids is 2. The molecule has 76 valence electrons. The fourth-order valence-electron chi connectivity index (χ4n) is 1.98. The van der Waals surface area contributed by atoms with Gasteiger partial charge in [0.15, 0.2) is 0 Å². The highest BCUT2D eigenvalue weighted by Gasteiger charge is 2.14. The van der Waals surface area contributed by atoms with Crippen molar-refractivity contribution >= 4 is 6.15 Å². The van der Waals surface area contributed by atoms with Gasteiger partial charge in [-0.05, 0) is 11.8 Å². The first-order valence-corrected chi connectivity index (χ1v) is 5.21. The van der Waals surface area contributed by atoms with Gasteiger partial charge in [-0.25, -0.2) is 0 Å². The lowest BCUT2D eigenvalue weighted by atomic mass is 9.89. The number of hydrogen-bond donors (Lipinski definition) is 0. The van der Waals surface area contributed by atoms with Gasteiger partial charge in [-0.2, -0.15) is 9.59 Å². The van der Waals surface area contributed by atoms with Crippen LogP contribution in [0.25, 0.3) is 0 Å². The molecule has 0 amide bonds. The minimum atomic E-state index is 0.250. The molecule has 1 rings (SSSR count). The fraction of sp³-hybridized carbons (Fsp3) is 0.909. The van der Waals surface area contributed by atoms with Crippen LogP contribution < -0.4 is 0 Å². The highest BCUT2D eigenvalue weighted by atomic mass is 16.2. The van der Waals surface area contributed by atoms with E-state index in [4.69, 9.17) is 9.59 Å². The molecule has 0 atom stereocenters. The van der Waals surface area contributed by atoms with Gasteiger partial charge in [0.05, 0.1) is 0 Å². The maximum atomic E-state index is 8.12. The van der Waals surface area contributed by atoms with E-state index in [1.54, 1.807) is 0 Å².